The number of aromatic nitrogens is 1. The van der Waals surface area contributed by atoms with Gasteiger partial charge >= 0.3 is 0 Å². The van der Waals surface area contributed by atoms with E-state index in [1.807, 2.05) is 36.1 Å². The first-order valence-corrected chi connectivity index (χ1v) is 5.78. The zero-order valence-electron chi connectivity index (χ0n) is 10.2. The maximum Gasteiger partial charge on any atom is 0.131 e. The molecule has 1 aromatic carbocycles. The van der Waals surface area contributed by atoms with Crippen molar-refractivity contribution >= 4 is 16.7 Å². The Balaban J connectivity index is 2.61. The molecule has 1 heterocycles. The van der Waals surface area contributed by atoms with E-state index in [0.717, 1.165) is 23.3 Å². The number of terminal acetylenes is 1. The van der Waals surface area contributed by atoms with Crippen LogP contribution in [-0.2, 0) is 0 Å². The fourth-order valence-corrected chi connectivity index (χ4v) is 1.88. The van der Waals surface area contributed by atoms with Crippen LogP contribution in [0.4, 0.5) is 5.82 Å². The van der Waals surface area contributed by atoms with Gasteiger partial charge in [-0.25, -0.2) is 4.98 Å². The van der Waals surface area contributed by atoms with Gasteiger partial charge in [-0.15, -0.1) is 6.42 Å². The number of para-hydroxylation sites is 1. The highest BCUT2D eigenvalue weighted by Gasteiger charge is 2.09. The average Bonchev–Trinajstić information content (AvgIpc) is 2.43. The first-order valence-electron chi connectivity index (χ1n) is 5.78. The fourth-order valence-electron chi connectivity index (χ4n) is 1.88. The molecule has 0 radical (unpaired) electrons. The number of benzene rings is 1. The molecule has 0 N–H and O–H groups in total. The predicted molar refractivity (Wildman–Crippen MR) is 73.2 cm³/mol. The third-order valence-electron chi connectivity index (χ3n) is 2.81. The minimum atomic E-state index is 0.493. The van der Waals surface area contributed by atoms with E-state index in [-0.39, 0.29) is 0 Å². The molecule has 3 heteroatoms. The summed E-state index contributed by atoms with van der Waals surface area (Å²) in [5.41, 5.74) is 1.45. The van der Waals surface area contributed by atoms with E-state index in [0.29, 0.717) is 12.1 Å². The van der Waals surface area contributed by atoms with Crippen LogP contribution in [0.5, 0.6) is 0 Å². The molecule has 0 fully saturated rings. The Morgan fingerprint density at radius 1 is 1.39 bits per heavy atom. The van der Waals surface area contributed by atoms with E-state index in [1.54, 1.807) is 6.07 Å². The number of anilines is 1. The Morgan fingerprint density at radius 2 is 2.17 bits per heavy atom. The molecule has 0 atom stereocenters. The number of hydrogen-bond donors (Lipinski definition) is 0. The van der Waals surface area contributed by atoms with Gasteiger partial charge in [0, 0.05) is 11.9 Å². The summed E-state index contributed by atoms with van der Waals surface area (Å²) >= 11 is 0. The van der Waals surface area contributed by atoms with E-state index in [1.165, 1.54) is 0 Å². The van der Waals surface area contributed by atoms with Crippen molar-refractivity contribution in [3.05, 3.63) is 35.9 Å². The van der Waals surface area contributed by atoms with Gasteiger partial charge in [0.2, 0.25) is 0 Å². The van der Waals surface area contributed by atoms with Crippen molar-refractivity contribution in [3.8, 4) is 18.4 Å². The van der Waals surface area contributed by atoms with Gasteiger partial charge < -0.3 is 4.90 Å². The molecular weight excluding hydrogens is 222 g/mol. The quantitative estimate of drug-likeness (QED) is 0.768. The summed E-state index contributed by atoms with van der Waals surface area (Å²) in [6, 6.07) is 11.6. The first kappa shape index (κ1) is 12.0. The maximum atomic E-state index is 9.21. The molecule has 0 spiro atoms. The lowest BCUT2D eigenvalue weighted by atomic mass is 10.1. The lowest BCUT2D eigenvalue weighted by Crippen LogP contribution is -2.24. The Morgan fingerprint density at radius 3 is 2.83 bits per heavy atom. The van der Waals surface area contributed by atoms with Crippen LogP contribution in [0.15, 0.2) is 30.3 Å². The molecule has 2 rings (SSSR count). The minimum Gasteiger partial charge on any atom is -0.346 e. The molecule has 0 aliphatic rings. The van der Waals surface area contributed by atoms with Crippen molar-refractivity contribution in [1.82, 2.24) is 4.98 Å². The lowest BCUT2D eigenvalue weighted by molar-refractivity contribution is 0.897. The monoisotopic (exact) mass is 235 g/mol. The Bertz CT molecular complexity index is 647. The van der Waals surface area contributed by atoms with Gasteiger partial charge in [-0.2, -0.15) is 5.26 Å². The number of hydrogen-bond acceptors (Lipinski definition) is 3. The number of pyridine rings is 1. The first-order chi connectivity index (χ1) is 8.80. The molecular formula is C15H13N3. The van der Waals surface area contributed by atoms with E-state index < -0.39 is 0 Å². The predicted octanol–water partition coefficient (Wildman–Crippen LogP) is 2.57. The summed E-state index contributed by atoms with van der Waals surface area (Å²) in [5, 5.41) is 10.1. The largest absolute Gasteiger partial charge is 0.346 e. The molecule has 0 aliphatic carbocycles. The fraction of sp³-hybridized carbons (Fsp3) is 0.200. The molecule has 0 amide bonds. The van der Waals surface area contributed by atoms with Gasteiger partial charge in [0.1, 0.15) is 5.82 Å². The van der Waals surface area contributed by atoms with E-state index in [2.05, 4.69) is 17.0 Å². The molecule has 0 aliphatic heterocycles. The number of rotatable bonds is 3. The van der Waals surface area contributed by atoms with Gasteiger partial charge in [0.25, 0.3) is 0 Å². The van der Waals surface area contributed by atoms with E-state index in [9.17, 15) is 5.26 Å². The zero-order valence-corrected chi connectivity index (χ0v) is 10.2. The van der Waals surface area contributed by atoms with Crippen LogP contribution < -0.4 is 4.90 Å². The van der Waals surface area contributed by atoms with E-state index >= 15 is 0 Å². The van der Waals surface area contributed by atoms with E-state index in [4.69, 9.17) is 6.42 Å². The molecule has 0 bridgehead atoms. The van der Waals surface area contributed by atoms with Crippen LogP contribution in [-0.4, -0.2) is 18.1 Å². The van der Waals surface area contributed by atoms with Crippen molar-refractivity contribution in [2.45, 2.75) is 6.92 Å². The van der Waals surface area contributed by atoms with Crippen LogP contribution in [0.25, 0.3) is 10.9 Å². The number of nitrogens with zero attached hydrogens (tertiary/aromatic N) is 3. The Labute approximate surface area is 107 Å². The molecule has 0 unspecified atom stereocenters. The second kappa shape index (κ2) is 5.21. The molecule has 0 saturated heterocycles. The second-order valence-electron chi connectivity index (χ2n) is 3.88. The number of nitriles is 1. The molecule has 0 saturated carbocycles. The molecule has 3 nitrogen and oxygen atoms in total. The minimum absolute atomic E-state index is 0.493. The normalized spacial score (nSPS) is 9.72. The van der Waals surface area contributed by atoms with Crippen LogP contribution in [0.3, 0.4) is 0 Å². The third kappa shape index (κ3) is 2.12. The smallest absolute Gasteiger partial charge is 0.131 e. The van der Waals surface area contributed by atoms with Crippen molar-refractivity contribution < 1.29 is 0 Å². The van der Waals surface area contributed by atoms with Gasteiger partial charge in [0.05, 0.1) is 23.7 Å². The summed E-state index contributed by atoms with van der Waals surface area (Å²) in [7, 11) is 0. The summed E-state index contributed by atoms with van der Waals surface area (Å²) in [6.45, 7) is 3.27. The van der Waals surface area contributed by atoms with Crippen molar-refractivity contribution in [2.75, 3.05) is 18.0 Å². The van der Waals surface area contributed by atoms with Gasteiger partial charge in [-0.1, -0.05) is 24.1 Å². The van der Waals surface area contributed by atoms with Crippen molar-refractivity contribution in [3.63, 3.8) is 0 Å². The second-order valence-corrected chi connectivity index (χ2v) is 3.88. The van der Waals surface area contributed by atoms with Gasteiger partial charge in [-0.05, 0) is 19.1 Å². The molecule has 88 valence electrons. The summed E-state index contributed by atoms with van der Waals surface area (Å²) in [4.78, 5) is 6.52. The van der Waals surface area contributed by atoms with Crippen molar-refractivity contribution in [2.24, 2.45) is 0 Å². The lowest BCUT2D eigenvalue weighted by Gasteiger charge is -2.19. The Hall–Kier alpha value is -2.52. The third-order valence-corrected chi connectivity index (χ3v) is 2.81. The topological polar surface area (TPSA) is 39.9 Å². The summed E-state index contributed by atoms with van der Waals surface area (Å²) in [6.07, 6.45) is 5.34. The maximum absolute atomic E-state index is 9.21. The Kier molecular flexibility index (Phi) is 3.46. The van der Waals surface area contributed by atoms with Crippen LogP contribution in [0.1, 0.15) is 12.5 Å². The highest BCUT2D eigenvalue weighted by Crippen LogP contribution is 2.22. The molecule has 1 aromatic heterocycles. The van der Waals surface area contributed by atoms with Crippen LogP contribution >= 0.6 is 0 Å². The molecule has 18 heavy (non-hydrogen) atoms. The van der Waals surface area contributed by atoms with Gasteiger partial charge in [0.15, 0.2) is 0 Å². The zero-order chi connectivity index (χ0) is 13.0. The standard InChI is InChI=1S/C15H13N3/c1-3-9-18(4-2)15-10-12(11-16)13-7-5-6-8-14(13)17-15/h1,5-8,10H,4,9H2,2H3. The molecule has 2 aromatic rings. The SMILES string of the molecule is C#CCN(CC)c1cc(C#N)c2ccccc2n1. The highest BCUT2D eigenvalue weighted by atomic mass is 15.2. The summed E-state index contributed by atoms with van der Waals surface area (Å²) in [5.74, 6) is 3.36. The van der Waals surface area contributed by atoms with Gasteiger partial charge in [-0.3, -0.25) is 0 Å². The van der Waals surface area contributed by atoms with Crippen molar-refractivity contribution in [1.29, 1.82) is 5.26 Å². The summed E-state index contributed by atoms with van der Waals surface area (Å²) < 4.78 is 0. The highest BCUT2D eigenvalue weighted by molar-refractivity contribution is 5.86. The van der Waals surface area contributed by atoms with Crippen LogP contribution in [0.2, 0.25) is 0 Å². The van der Waals surface area contributed by atoms with Crippen LogP contribution in [0, 0.1) is 23.7 Å². The number of fused-ring (bicyclic) bond motifs is 1. The average molecular weight is 235 g/mol.